The summed E-state index contributed by atoms with van der Waals surface area (Å²) in [5.74, 6) is 0. The van der Waals surface area contributed by atoms with Gasteiger partial charge in [0.1, 0.15) is 11.1 Å². The lowest BCUT2D eigenvalue weighted by molar-refractivity contribution is 0.184. The van der Waals surface area contributed by atoms with Gasteiger partial charge in [0.2, 0.25) is 0 Å². The molecule has 4 N–H and O–H groups in total. The van der Waals surface area contributed by atoms with Crippen LogP contribution in [-0.4, -0.2) is 32.6 Å². The highest BCUT2D eigenvalue weighted by Gasteiger charge is 2.26. The van der Waals surface area contributed by atoms with Gasteiger partial charge in [0, 0.05) is 6.04 Å². The number of nitrogens with zero attached hydrogens (tertiary/aromatic N) is 3. The number of carbonyl (C=O) groups is 1. The molecule has 1 aliphatic carbocycles. The van der Waals surface area contributed by atoms with Crippen LogP contribution in [0.3, 0.4) is 0 Å². The minimum absolute atomic E-state index is 0.00640. The van der Waals surface area contributed by atoms with E-state index in [1.54, 1.807) is 6.20 Å². The number of aryl methyl sites for hydroxylation is 1. The lowest BCUT2D eigenvalue weighted by atomic mass is 9.90. The highest BCUT2D eigenvalue weighted by Crippen LogP contribution is 2.27. The molecule has 9 heteroatoms. The van der Waals surface area contributed by atoms with Gasteiger partial charge < -0.3 is 21.1 Å². The van der Waals surface area contributed by atoms with Crippen molar-refractivity contribution in [3.8, 4) is 6.07 Å². The van der Waals surface area contributed by atoms with Crippen LogP contribution in [0.25, 0.3) is 0 Å². The molecule has 0 radical (unpaired) electrons. The van der Waals surface area contributed by atoms with Crippen molar-refractivity contribution in [3.05, 3.63) is 29.7 Å². The van der Waals surface area contributed by atoms with Gasteiger partial charge >= 0.3 is 6.09 Å². The number of pyridine rings is 1. The number of anilines is 3. The molecule has 2 atom stereocenters. The fraction of sp³-hybridized carbons (Fsp3) is 0.412. The second kappa shape index (κ2) is 8.01. The highest BCUT2D eigenvalue weighted by molar-refractivity contribution is 7.10. The van der Waals surface area contributed by atoms with Crippen LogP contribution in [0.4, 0.5) is 21.2 Å². The summed E-state index contributed by atoms with van der Waals surface area (Å²) in [6.07, 6.45) is 4.33. The van der Waals surface area contributed by atoms with Gasteiger partial charge in [-0.3, -0.25) is 0 Å². The SMILES string of the molecule is Cc1cc(Nc2cc(N[C@@H]3CCCC[C@@H]3NC(=O)O)cnc2C#N)sn1. The van der Waals surface area contributed by atoms with Crippen molar-refractivity contribution in [2.24, 2.45) is 0 Å². The molecular formula is C17H20N6O2S. The Bertz CT molecular complexity index is 831. The lowest BCUT2D eigenvalue weighted by Gasteiger charge is -2.32. The van der Waals surface area contributed by atoms with Crippen LogP contribution < -0.4 is 16.0 Å². The summed E-state index contributed by atoms with van der Waals surface area (Å²) in [5, 5.41) is 28.3. The van der Waals surface area contributed by atoms with Crippen LogP contribution in [0.15, 0.2) is 18.3 Å². The third-order valence-corrected chi connectivity index (χ3v) is 5.10. The van der Waals surface area contributed by atoms with E-state index in [1.165, 1.54) is 11.5 Å². The molecule has 136 valence electrons. The first kappa shape index (κ1) is 17.9. The Labute approximate surface area is 155 Å². The molecule has 2 aromatic rings. The molecule has 0 spiro atoms. The first-order chi connectivity index (χ1) is 12.5. The average molecular weight is 372 g/mol. The van der Waals surface area contributed by atoms with Crippen molar-refractivity contribution in [2.45, 2.75) is 44.7 Å². The van der Waals surface area contributed by atoms with Crippen molar-refractivity contribution < 1.29 is 9.90 Å². The van der Waals surface area contributed by atoms with Crippen molar-refractivity contribution in [1.29, 1.82) is 5.26 Å². The van der Waals surface area contributed by atoms with Crippen molar-refractivity contribution in [3.63, 3.8) is 0 Å². The first-order valence-electron chi connectivity index (χ1n) is 8.41. The van der Waals surface area contributed by atoms with Gasteiger partial charge in [0.15, 0.2) is 5.69 Å². The Hall–Kier alpha value is -2.86. The molecule has 2 heterocycles. The second-order valence-corrected chi connectivity index (χ2v) is 7.09. The van der Waals surface area contributed by atoms with Crippen LogP contribution in [-0.2, 0) is 0 Å². The first-order valence-corrected chi connectivity index (χ1v) is 9.19. The number of aromatic nitrogens is 2. The maximum atomic E-state index is 11.0. The van der Waals surface area contributed by atoms with Crippen LogP contribution in [0.2, 0.25) is 0 Å². The minimum atomic E-state index is -1.01. The van der Waals surface area contributed by atoms with Crippen LogP contribution in [0, 0.1) is 18.3 Å². The molecule has 3 rings (SSSR count). The zero-order chi connectivity index (χ0) is 18.5. The van der Waals surface area contributed by atoms with Gasteiger partial charge in [-0.2, -0.15) is 9.64 Å². The van der Waals surface area contributed by atoms with Crippen molar-refractivity contribution in [1.82, 2.24) is 14.7 Å². The fourth-order valence-corrected chi connectivity index (χ4v) is 3.81. The normalized spacial score (nSPS) is 19.4. The topological polar surface area (TPSA) is 123 Å². The molecule has 0 bridgehead atoms. The minimum Gasteiger partial charge on any atom is -0.465 e. The number of carboxylic acid groups (broad SMARTS) is 1. The van der Waals surface area contributed by atoms with Crippen LogP contribution >= 0.6 is 11.5 Å². The second-order valence-electron chi connectivity index (χ2n) is 6.28. The van der Waals surface area contributed by atoms with E-state index in [9.17, 15) is 10.1 Å². The summed E-state index contributed by atoms with van der Waals surface area (Å²) in [4.78, 5) is 15.2. The maximum Gasteiger partial charge on any atom is 0.404 e. The molecule has 1 fully saturated rings. The molecule has 26 heavy (non-hydrogen) atoms. The monoisotopic (exact) mass is 372 g/mol. The predicted molar refractivity (Wildman–Crippen MR) is 99.9 cm³/mol. The number of hydrogen-bond acceptors (Lipinski definition) is 7. The smallest absolute Gasteiger partial charge is 0.404 e. The van der Waals surface area contributed by atoms with Crippen molar-refractivity contribution in [2.75, 3.05) is 10.6 Å². The standard InChI is InChI=1S/C17H20N6O2S/c1-10-6-16(26-23-10)21-14-7-11(9-19-15(14)8-18)20-12-4-2-3-5-13(12)22-17(24)25/h6-7,9,12-13,20-22H,2-5H2,1H3,(H,24,25)/t12-,13+/m1/s1. The largest absolute Gasteiger partial charge is 0.465 e. The number of nitriles is 1. The van der Waals surface area contributed by atoms with E-state index in [-0.39, 0.29) is 12.1 Å². The maximum absolute atomic E-state index is 11.0. The summed E-state index contributed by atoms with van der Waals surface area (Å²) >= 11 is 1.32. The van der Waals surface area contributed by atoms with Gasteiger partial charge in [0.05, 0.1) is 29.3 Å². The number of hydrogen-bond donors (Lipinski definition) is 4. The van der Waals surface area contributed by atoms with E-state index in [0.29, 0.717) is 11.4 Å². The molecule has 8 nitrogen and oxygen atoms in total. The van der Waals surface area contributed by atoms with Gasteiger partial charge in [-0.1, -0.05) is 12.8 Å². The van der Waals surface area contributed by atoms with Gasteiger partial charge in [-0.15, -0.1) is 0 Å². The summed E-state index contributed by atoms with van der Waals surface area (Å²) < 4.78 is 4.22. The van der Waals surface area contributed by atoms with E-state index in [0.717, 1.165) is 42.1 Å². The molecule has 2 aromatic heterocycles. The fourth-order valence-electron chi connectivity index (χ4n) is 3.13. The third kappa shape index (κ3) is 4.40. The lowest BCUT2D eigenvalue weighted by Crippen LogP contribution is -2.48. The van der Waals surface area contributed by atoms with Crippen LogP contribution in [0.5, 0.6) is 0 Å². The van der Waals surface area contributed by atoms with E-state index in [2.05, 4.69) is 31.4 Å². The predicted octanol–water partition coefficient (Wildman–Crippen LogP) is 3.45. The van der Waals surface area contributed by atoms with E-state index >= 15 is 0 Å². The Morgan fingerprint density at radius 1 is 1.35 bits per heavy atom. The molecule has 0 saturated heterocycles. The summed E-state index contributed by atoms with van der Waals surface area (Å²) in [7, 11) is 0. The molecule has 1 aliphatic rings. The average Bonchev–Trinajstić information content (AvgIpc) is 3.01. The Morgan fingerprint density at radius 3 is 2.77 bits per heavy atom. The molecule has 0 unspecified atom stereocenters. The third-order valence-electron chi connectivity index (χ3n) is 4.31. The number of nitrogens with one attached hydrogen (secondary N) is 3. The summed E-state index contributed by atoms with van der Waals surface area (Å²) in [6, 6.07) is 5.66. The van der Waals surface area contributed by atoms with Crippen LogP contribution in [0.1, 0.15) is 37.1 Å². The summed E-state index contributed by atoms with van der Waals surface area (Å²) in [5.41, 5.74) is 2.55. The van der Waals surface area contributed by atoms with Gasteiger partial charge in [-0.05, 0) is 43.4 Å². The number of amides is 1. The highest BCUT2D eigenvalue weighted by atomic mass is 32.1. The van der Waals surface area contributed by atoms with Crippen molar-refractivity contribution >= 4 is 34.0 Å². The van der Waals surface area contributed by atoms with E-state index in [4.69, 9.17) is 5.11 Å². The molecule has 0 aliphatic heterocycles. The van der Waals surface area contributed by atoms with E-state index < -0.39 is 6.09 Å². The zero-order valence-corrected chi connectivity index (χ0v) is 15.1. The molecule has 1 amide bonds. The molecule has 0 aromatic carbocycles. The Balaban J connectivity index is 1.78. The summed E-state index contributed by atoms with van der Waals surface area (Å²) in [6.45, 7) is 1.90. The molecular weight excluding hydrogens is 352 g/mol. The van der Waals surface area contributed by atoms with Gasteiger partial charge in [-0.25, -0.2) is 9.78 Å². The molecule has 1 saturated carbocycles. The quantitative estimate of drug-likeness (QED) is 0.634. The Kier molecular flexibility index (Phi) is 5.53. The van der Waals surface area contributed by atoms with E-state index in [1.807, 2.05) is 19.1 Å². The van der Waals surface area contributed by atoms with Gasteiger partial charge in [0.25, 0.3) is 0 Å². The zero-order valence-electron chi connectivity index (χ0n) is 14.3. The number of rotatable bonds is 5. The Morgan fingerprint density at radius 2 is 2.12 bits per heavy atom.